The minimum atomic E-state index is -4.80. The average molecular weight is 451 g/mol. The van der Waals surface area contributed by atoms with Crippen molar-refractivity contribution in [2.24, 2.45) is 0 Å². The number of aliphatic carboxylic acids is 1. The molecular weight excluding hydrogens is 435 g/mol. The van der Waals surface area contributed by atoms with Crippen LogP contribution in [-0.4, -0.2) is 48.4 Å². The summed E-state index contributed by atoms with van der Waals surface area (Å²) in [6.45, 7) is 0.166. The predicted octanol–water partition coefficient (Wildman–Crippen LogP) is 2.85. The number of benzene rings is 1. The number of hydrogen-bond acceptors (Lipinski definition) is 7. The van der Waals surface area contributed by atoms with Gasteiger partial charge in [0.25, 0.3) is 0 Å². The van der Waals surface area contributed by atoms with E-state index in [1.54, 1.807) is 0 Å². The van der Waals surface area contributed by atoms with Crippen molar-refractivity contribution in [1.29, 1.82) is 0 Å². The van der Waals surface area contributed by atoms with Gasteiger partial charge in [0.2, 0.25) is 17.6 Å². The number of carbonyl (C=O) groups excluding carboxylic acids is 1. The Morgan fingerprint density at radius 3 is 2.69 bits per heavy atom. The summed E-state index contributed by atoms with van der Waals surface area (Å²) >= 11 is 0. The topological polar surface area (TPSA) is 134 Å². The van der Waals surface area contributed by atoms with Gasteiger partial charge in [0.1, 0.15) is 11.8 Å². The molecule has 0 fully saturated rings. The van der Waals surface area contributed by atoms with Crippen molar-refractivity contribution in [3.63, 3.8) is 0 Å². The Morgan fingerprint density at radius 1 is 1.25 bits per heavy atom. The largest absolute Gasteiger partial charge is 0.573 e. The number of rotatable bonds is 6. The molecule has 0 aliphatic carbocycles. The molecule has 1 aliphatic heterocycles. The second-order valence-electron chi connectivity index (χ2n) is 6.99. The maximum atomic E-state index is 12.7. The molecule has 0 saturated heterocycles. The number of nitrogens with zero attached hydrogens (tertiary/aromatic N) is 4. The molecule has 168 valence electrons. The number of ether oxygens (including phenoxy) is 1. The van der Waals surface area contributed by atoms with Crippen molar-refractivity contribution in [1.82, 2.24) is 25.0 Å². The van der Waals surface area contributed by atoms with E-state index >= 15 is 0 Å². The van der Waals surface area contributed by atoms with Gasteiger partial charge in [0.05, 0.1) is 30.7 Å². The number of aromatic amines is 1. The molecule has 10 nitrogen and oxygen atoms in total. The van der Waals surface area contributed by atoms with E-state index < -0.39 is 30.0 Å². The van der Waals surface area contributed by atoms with Crippen molar-refractivity contribution in [2.45, 2.75) is 38.2 Å². The third-order valence-corrected chi connectivity index (χ3v) is 4.84. The molecule has 0 saturated carbocycles. The lowest BCUT2D eigenvalue weighted by Gasteiger charge is -2.32. The molecular formula is C19H16F3N5O5. The Labute approximate surface area is 178 Å². The molecule has 3 aromatic rings. The monoisotopic (exact) mass is 451 g/mol. The fourth-order valence-corrected chi connectivity index (χ4v) is 3.37. The minimum absolute atomic E-state index is 0.105. The number of aromatic nitrogens is 4. The molecule has 0 bridgehead atoms. The standard InChI is InChI=1S/C19H16F3N5O5/c20-19(21,22)31-11-3-1-10(2-4-11)17-25-18(32-26-17)14-7-12-13(24-9-23-12)8-27(14)15(28)5-6-16(29)30/h1-4,9,14H,5-8H2,(H,23,24)(H,29,30)/t14-/m0/s1. The number of nitrogens with one attached hydrogen (secondary N) is 1. The third-order valence-electron chi connectivity index (χ3n) is 4.84. The fourth-order valence-electron chi connectivity index (χ4n) is 3.37. The summed E-state index contributed by atoms with van der Waals surface area (Å²) in [7, 11) is 0. The normalized spacial score (nSPS) is 16.0. The highest BCUT2D eigenvalue weighted by atomic mass is 19.4. The summed E-state index contributed by atoms with van der Waals surface area (Å²) in [6.07, 6.45) is -3.55. The zero-order chi connectivity index (χ0) is 22.9. The van der Waals surface area contributed by atoms with E-state index in [1.165, 1.54) is 23.4 Å². The van der Waals surface area contributed by atoms with Crippen LogP contribution in [0.15, 0.2) is 35.1 Å². The van der Waals surface area contributed by atoms with Gasteiger partial charge >= 0.3 is 12.3 Å². The lowest BCUT2D eigenvalue weighted by molar-refractivity contribution is -0.274. The van der Waals surface area contributed by atoms with Crippen molar-refractivity contribution in [3.8, 4) is 17.1 Å². The summed E-state index contributed by atoms with van der Waals surface area (Å²) in [5, 5.41) is 12.7. The van der Waals surface area contributed by atoms with E-state index in [0.717, 1.165) is 17.8 Å². The average Bonchev–Trinajstić information content (AvgIpc) is 3.39. The number of halogens is 3. The van der Waals surface area contributed by atoms with Gasteiger partial charge < -0.3 is 24.3 Å². The molecule has 0 unspecified atom stereocenters. The van der Waals surface area contributed by atoms with E-state index in [9.17, 15) is 22.8 Å². The Balaban J connectivity index is 1.56. The molecule has 0 radical (unpaired) electrons. The summed E-state index contributed by atoms with van der Waals surface area (Å²) in [6, 6.07) is 4.27. The summed E-state index contributed by atoms with van der Waals surface area (Å²) in [5.41, 5.74) is 1.82. The number of alkyl halides is 3. The van der Waals surface area contributed by atoms with Gasteiger partial charge in [-0.2, -0.15) is 4.98 Å². The summed E-state index contributed by atoms with van der Waals surface area (Å²) in [5.74, 6) is -1.66. The Kier molecular flexibility index (Phi) is 5.55. The number of hydrogen-bond donors (Lipinski definition) is 2. The maximum absolute atomic E-state index is 12.7. The van der Waals surface area contributed by atoms with E-state index in [1.807, 2.05) is 0 Å². The Bertz CT molecular complexity index is 1130. The Hall–Kier alpha value is -3.90. The highest BCUT2D eigenvalue weighted by molar-refractivity contribution is 5.81. The van der Waals surface area contributed by atoms with Gasteiger partial charge in [-0.1, -0.05) is 5.16 Å². The number of fused-ring (bicyclic) bond motifs is 1. The molecule has 4 rings (SSSR count). The van der Waals surface area contributed by atoms with Crippen LogP contribution in [0, 0.1) is 0 Å². The van der Waals surface area contributed by atoms with Crippen LogP contribution in [0.1, 0.15) is 36.2 Å². The van der Waals surface area contributed by atoms with Crippen LogP contribution < -0.4 is 4.74 Å². The van der Waals surface area contributed by atoms with Crippen LogP contribution in [-0.2, 0) is 22.6 Å². The van der Waals surface area contributed by atoms with Crippen LogP contribution in [0.5, 0.6) is 5.75 Å². The SMILES string of the molecule is O=C(O)CCC(=O)N1Cc2[nH]cnc2C[C@H]1c1nc(-c2ccc(OC(F)(F)F)cc2)no1. The van der Waals surface area contributed by atoms with Gasteiger partial charge in [0.15, 0.2) is 0 Å². The number of amides is 1. The fraction of sp³-hybridized carbons (Fsp3) is 0.316. The van der Waals surface area contributed by atoms with E-state index in [2.05, 4.69) is 24.8 Å². The number of carbonyl (C=O) groups is 2. The lowest BCUT2D eigenvalue weighted by Crippen LogP contribution is -2.39. The first-order valence-corrected chi connectivity index (χ1v) is 9.42. The van der Waals surface area contributed by atoms with Crippen LogP contribution >= 0.6 is 0 Å². The zero-order valence-corrected chi connectivity index (χ0v) is 16.3. The quantitative estimate of drug-likeness (QED) is 0.584. The molecule has 32 heavy (non-hydrogen) atoms. The number of carboxylic acids is 1. The first kappa shape index (κ1) is 21.3. The van der Waals surface area contributed by atoms with Crippen molar-refractivity contribution < 1.29 is 37.1 Å². The second kappa shape index (κ2) is 8.32. The molecule has 1 amide bonds. The van der Waals surface area contributed by atoms with Crippen molar-refractivity contribution in [3.05, 3.63) is 47.9 Å². The van der Waals surface area contributed by atoms with E-state index in [4.69, 9.17) is 9.63 Å². The molecule has 0 spiro atoms. The minimum Gasteiger partial charge on any atom is -0.481 e. The van der Waals surface area contributed by atoms with Crippen LogP contribution in [0.3, 0.4) is 0 Å². The first-order valence-electron chi connectivity index (χ1n) is 9.42. The second-order valence-corrected chi connectivity index (χ2v) is 6.99. The van der Waals surface area contributed by atoms with Gasteiger partial charge in [-0.15, -0.1) is 13.2 Å². The number of H-pyrrole nitrogens is 1. The molecule has 3 heterocycles. The summed E-state index contributed by atoms with van der Waals surface area (Å²) < 4.78 is 46.2. The third kappa shape index (κ3) is 4.71. The van der Waals surface area contributed by atoms with Gasteiger partial charge in [0, 0.05) is 18.4 Å². The molecule has 13 heteroatoms. The number of imidazole rings is 1. The van der Waals surface area contributed by atoms with Gasteiger partial charge in [-0.05, 0) is 24.3 Å². The maximum Gasteiger partial charge on any atom is 0.573 e. The Morgan fingerprint density at radius 2 is 2.00 bits per heavy atom. The van der Waals surface area contributed by atoms with E-state index in [0.29, 0.717) is 11.3 Å². The highest BCUT2D eigenvalue weighted by Gasteiger charge is 2.36. The van der Waals surface area contributed by atoms with Crippen LogP contribution in [0.25, 0.3) is 11.4 Å². The molecule has 1 atom stereocenters. The number of carboxylic acid groups (broad SMARTS) is 1. The van der Waals surface area contributed by atoms with Crippen molar-refractivity contribution in [2.75, 3.05) is 0 Å². The van der Waals surface area contributed by atoms with Crippen LogP contribution in [0.2, 0.25) is 0 Å². The zero-order valence-electron chi connectivity index (χ0n) is 16.3. The lowest BCUT2D eigenvalue weighted by atomic mass is 10.0. The molecule has 2 aromatic heterocycles. The predicted molar refractivity (Wildman–Crippen MR) is 98.9 cm³/mol. The van der Waals surface area contributed by atoms with E-state index in [-0.39, 0.29) is 37.5 Å². The highest BCUT2D eigenvalue weighted by Crippen LogP contribution is 2.33. The smallest absolute Gasteiger partial charge is 0.481 e. The van der Waals surface area contributed by atoms with Gasteiger partial charge in [-0.25, -0.2) is 4.98 Å². The van der Waals surface area contributed by atoms with Crippen LogP contribution in [0.4, 0.5) is 13.2 Å². The molecule has 1 aromatic carbocycles. The molecule has 1 aliphatic rings. The van der Waals surface area contributed by atoms with Gasteiger partial charge in [-0.3, -0.25) is 9.59 Å². The molecule has 2 N–H and O–H groups in total. The van der Waals surface area contributed by atoms with Crippen molar-refractivity contribution >= 4 is 11.9 Å². The summed E-state index contributed by atoms with van der Waals surface area (Å²) in [4.78, 5) is 36.5. The first-order chi connectivity index (χ1) is 15.2.